The van der Waals surface area contributed by atoms with Gasteiger partial charge in [-0.15, -0.1) is 0 Å². The quantitative estimate of drug-likeness (QED) is 0.131. The lowest BCUT2D eigenvalue weighted by molar-refractivity contribution is -0.141. The second kappa shape index (κ2) is 14.1. The molecular weight excluding hydrogens is 642 g/mol. The number of hydrogen-bond acceptors (Lipinski definition) is 10. The number of rotatable bonds is 11. The summed E-state index contributed by atoms with van der Waals surface area (Å²) < 4.78 is 6.59. The lowest BCUT2D eigenvalue weighted by Gasteiger charge is -2.39. The van der Waals surface area contributed by atoms with E-state index in [1.165, 1.54) is 0 Å². The first-order valence-corrected chi connectivity index (χ1v) is 17.3. The van der Waals surface area contributed by atoms with Gasteiger partial charge < -0.3 is 25.3 Å². The van der Waals surface area contributed by atoms with E-state index in [1.807, 2.05) is 49.5 Å². The van der Waals surface area contributed by atoms with E-state index in [-0.39, 0.29) is 24.5 Å². The molecule has 1 saturated heterocycles. The number of aryl methyl sites for hydroxylation is 1. The number of aromatic nitrogens is 3. The number of aliphatic hydroxyl groups excluding tert-OH is 1. The van der Waals surface area contributed by atoms with Crippen LogP contribution in [0.3, 0.4) is 0 Å². The van der Waals surface area contributed by atoms with Gasteiger partial charge in [0.15, 0.2) is 11.4 Å². The second-order valence-electron chi connectivity index (χ2n) is 13.7. The molecule has 3 unspecified atom stereocenters. The number of fused-ring (bicyclic) bond motifs is 2. The Morgan fingerprint density at radius 2 is 2.04 bits per heavy atom. The van der Waals surface area contributed by atoms with Gasteiger partial charge in [0.2, 0.25) is 5.89 Å². The molecule has 0 spiro atoms. The minimum atomic E-state index is -1.02. The monoisotopic (exact) mass is 683 g/mol. The molecule has 1 fully saturated rings. The number of carbonyl (C=O) groups is 1. The van der Waals surface area contributed by atoms with Crippen molar-refractivity contribution < 1.29 is 19.4 Å². The van der Waals surface area contributed by atoms with Crippen LogP contribution < -0.4 is 10.6 Å². The van der Waals surface area contributed by atoms with Crippen LogP contribution >= 0.6 is 0 Å². The molecule has 4 atom stereocenters. The highest BCUT2D eigenvalue weighted by molar-refractivity contribution is 5.89. The number of hydrogen-bond donors (Lipinski definition) is 4. The van der Waals surface area contributed by atoms with Crippen molar-refractivity contribution in [3.8, 4) is 6.07 Å². The molecule has 4 N–H and O–H groups in total. The molecule has 11 heteroatoms. The number of carboxylic acids is 1. The van der Waals surface area contributed by atoms with Crippen molar-refractivity contribution in [1.29, 1.82) is 5.26 Å². The number of nitrogens with one attached hydrogen (secondary N) is 2. The number of allylic oxidation sites excluding steroid dienone is 2. The number of nitrogens with zero attached hydrogens (tertiary/aromatic N) is 5. The molecule has 7 rings (SSSR count). The number of aliphatic hydroxyl groups is 1. The first-order valence-electron chi connectivity index (χ1n) is 17.3. The summed E-state index contributed by atoms with van der Waals surface area (Å²) in [6.45, 7) is 8.46. The predicted molar refractivity (Wildman–Crippen MR) is 195 cm³/mol. The molecule has 1 aliphatic heterocycles. The topological polar surface area (TPSA) is 160 Å². The third-order valence-corrected chi connectivity index (χ3v) is 10.2. The summed E-state index contributed by atoms with van der Waals surface area (Å²) in [5.74, 6) is -0.345. The molecule has 1 aliphatic carbocycles. The van der Waals surface area contributed by atoms with Gasteiger partial charge in [-0.2, -0.15) is 5.26 Å². The van der Waals surface area contributed by atoms with Crippen molar-refractivity contribution >= 4 is 39.4 Å². The van der Waals surface area contributed by atoms with Crippen molar-refractivity contribution in [2.45, 2.75) is 51.9 Å². The normalized spacial score (nSPS) is 21.1. The van der Waals surface area contributed by atoms with Gasteiger partial charge in [-0.3, -0.25) is 14.7 Å². The number of oxazole rings is 1. The third-order valence-electron chi connectivity index (χ3n) is 10.2. The predicted octanol–water partition coefficient (Wildman–Crippen LogP) is 5.92. The Labute approximate surface area is 296 Å². The van der Waals surface area contributed by atoms with E-state index in [4.69, 9.17) is 19.4 Å². The maximum Gasteiger partial charge on any atom is 0.307 e. The lowest BCUT2D eigenvalue weighted by atomic mass is 9.73. The molecular formula is C40H41N7O4. The average Bonchev–Trinajstić information content (AvgIpc) is 3.79. The lowest BCUT2D eigenvalue weighted by Crippen LogP contribution is -2.42. The largest absolute Gasteiger partial charge is 0.481 e. The fourth-order valence-corrected chi connectivity index (χ4v) is 7.24. The number of anilines is 1. The Hall–Kier alpha value is -5.41. The summed E-state index contributed by atoms with van der Waals surface area (Å²) in [6, 6.07) is 18.2. The van der Waals surface area contributed by atoms with Crippen LogP contribution in [0.5, 0.6) is 0 Å². The fourth-order valence-electron chi connectivity index (χ4n) is 7.24. The number of pyridine rings is 2. The van der Waals surface area contributed by atoms with Crippen LogP contribution in [0.2, 0.25) is 0 Å². The van der Waals surface area contributed by atoms with Crippen LogP contribution in [0, 0.1) is 30.1 Å². The first-order chi connectivity index (χ1) is 24.7. The molecule has 5 aromatic rings. The highest BCUT2D eigenvalue weighted by atomic mass is 16.4. The van der Waals surface area contributed by atoms with Crippen LogP contribution in [0.15, 0.2) is 83.6 Å². The van der Waals surface area contributed by atoms with Crippen molar-refractivity contribution in [1.82, 2.24) is 25.2 Å². The molecule has 0 saturated carbocycles. The van der Waals surface area contributed by atoms with E-state index in [2.05, 4.69) is 59.7 Å². The second-order valence-corrected chi connectivity index (χ2v) is 13.7. The Kier molecular flexibility index (Phi) is 9.40. The molecule has 0 radical (unpaired) electrons. The average molecular weight is 684 g/mol. The highest BCUT2D eigenvalue weighted by Crippen LogP contribution is 2.46. The van der Waals surface area contributed by atoms with Gasteiger partial charge >= 0.3 is 5.97 Å². The van der Waals surface area contributed by atoms with Gasteiger partial charge in [0.25, 0.3) is 0 Å². The minimum Gasteiger partial charge on any atom is -0.481 e. The number of aliphatic carboxylic acids is 1. The summed E-state index contributed by atoms with van der Waals surface area (Å²) in [5.41, 5.74) is 6.20. The molecule has 51 heavy (non-hydrogen) atoms. The van der Waals surface area contributed by atoms with E-state index in [1.54, 1.807) is 12.3 Å². The van der Waals surface area contributed by atoms with Crippen LogP contribution in [0.1, 0.15) is 54.0 Å². The zero-order valence-corrected chi connectivity index (χ0v) is 28.9. The molecule has 3 aromatic heterocycles. The van der Waals surface area contributed by atoms with E-state index in [0.29, 0.717) is 59.9 Å². The van der Waals surface area contributed by atoms with Gasteiger partial charge in [-0.25, -0.2) is 9.97 Å². The molecule has 2 aromatic carbocycles. The fraction of sp³-hybridized carbons (Fsp3) is 0.325. The number of nitriles is 1. The minimum absolute atomic E-state index is 0.000637. The van der Waals surface area contributed by atoms with Gasteiger partial charge in [-0.1, -0.05) is 43.3 Å². The maximum atomic E-state index is 11.5. The zero-order chi connectivity index (χ0) is 35.7. The Balaban J connectivity index is 1.30. The van der Waals surface area contributed by atoms with Gasteiger partial charge in [0.1, 0.15) is 22.6 Å². The highest BCUT2D eigenvalue weighted by Gasteiger charge is 2.45. The third kappa shape index (κ3) is 6.61. The molecule has 4 heterocycles. The zero-order valence-electron chi connectivity index (χ0n) is 28.9. The molecule has 0 bridgehead atoms. The number of likely N-dealkylation sites (tertiary alicyclic amines) is 1. The first kappa shape index (κ1) is 34.1. The summed E-state index contributed by atoms with van der Waals surface area (Å²) in [4.78, 5) is 28.4. The van der Waals surface area contributed by atoms with E-state index >= 15 is 0 Å². The Morgan fingerprint density at radius 3 is 2.80 bits per heavy atom. The Morgan fingerprint density at radius 1 is 1.20 bits per heavy atom. The van der Waals surface area contributed by atoms with Crippen LogP contribution in [0.25, 0.3) is 27.6 Å². The van der Waals surface area contributed by atoms with Gasteiger partial charge in [0.05, 0.1) is 18.1 Å². The maximum absolute atomic E-state index is 11.5. The van der Waals surface area contributed by atoms with E-state index in [0.717, 1.165) is 39.8 Å². The SMILES string of the molecule is Cc1ccccc1C1=CC=CC(Nc2nccc3cc(CN4CC[C@@H](C(=O)O)C4)cnc23)(c2nc3cc(CNC(C)CO)cc(C#N)c3o2)C1C. The van der Waals surface area contributed by atoms with Crippen LogP contribution in [-0.2, 0) is 23.4 Å². The molecule has 11 nitrogen and oxygen atoms in total. The standard InChI is InChI=1S/C40H41N7O4/c1-24-7-4-5-8-32(24)33-9-6-12-40(26(33)3,39-45-34-17-27(19-43-25(2)23-48)15-31(18-41)36(34)51-39)46-37-35-29(10-13-42-37)16-28(20-44-35)21-47-14-11-30(22-47)38(49)50/h4-10,12-13,15-17,20,25-26,30,43,48H,11,14,19,21-23H2,1-3H3,(H,42,46)(H,49,50)/t25?,26?,30-,40?/m1/s1. The molecule has 2 aliphatic rings. The summed E-state index contributed by atoms with van der Waals surface area (Å²) in [5, 5.41) is 37.0. The van der Waals surface area contributed by atoms with Gasteiger partial charge in [-0.05, 0) is 85.0 Å². The van der Waals surface area contributed by atoms with Crippen molar-refractivity contribution in [3.05, 3.63) is 113 Å². The van der Waals surface area contributed by atoms with Crippen LogP contribution in [-0.4, -0.2) is 61.8 Å². The summed E-state index contributed by atoms with van der Waals surface area (Å²) in [6.07, 6.45) is 10.4. The van der Waals surface area contributed by atoms with E-state index < -0.39 is 11.5 Å². The number of carboxylic acid groups (broad SMARTS) is 1. The molecule has 0 amide bonds. The molecule has 260 valence electrons. The Bertz CT molecular complexity index is 2220. The smallest absolute Gasteiger partial charge is 0.307 e. The van der Waals surface area contributed by atoms with Crippen molar-refractivity contribution in [2.75, 3.05) is 25.0 Å². The van der Waals surface area contributed by atoms with Crippen LogP contribution in [0.4, 0.5) is 5.82 Å². The number of benzene rings is 2. The summed E-state index contributed by atoms with van der Waals surface area (Å²) >= 11 is 0. The summed E-state index contributed by atoms with van der Waals surface area (Å²) in [7, 11) is 0. The van der Waals surface area contributed by atoms with Crippen molar-refractivity contribution in [2.24, 2.45) is 11.8 Å². The van der Waals surface area contributed by atoms with Crippen molar-refractivity contribution in [3.63, 3.8) is 0 Å². The van der Waals surface area contributed by atoms with Gasteiger partial charge in [0, 0.05) is 49.4 Å². The van der Waals surface area contributed by atoms with E-state index in [9.17, 15) is 20.3 Å².